The van der Waals surface area contributed by atoms with E-state index < -0.39 is 17.9 Å². The molecule has 2 aromatic carbocycles. The van der Waals surface area contributed by atoms with Crippen LogP contribution >= 0.6 is 0 Å². The summed E-state index contributed by atoms with van der Waals surface area (Å²) in [7, 11) is 0. The minimum absolute atomic E-state index is 0.189. The third kappa shape index (κ3) is 3.03. The van der Waals surface area contributed by atoms with Crippen molar-refractivity contribution in [3.8, 4) is 0 Å². The van der Waals surface area contributed by atoms with Gasteiger partial charge >= 0.3 is 5.97 Å². The van der Waals surface area contributed by atoms with Crippen LogP contribution < -0.4 is 5.32 Å². The summed E-state index contributed by atoms with van der Waals surface area (Å²) in [6.45, 7) is 3.49. The quantitative estimate of drug-likeness (QED) is 0.820. The molecule has 1 amide bonds. The van der Waals surface area contributed by atoms with E-state index in [9.17, 15) is 9.59 Å². The van der Waals surface area contributed by atoms with E-state index in [4.69, 9.17) is 5.11 Å². The number of hydrogen-bond acceptors (Lipinski definition) is 2. The first-order valence-corrected chi connectivity index (χ1v) is 6.25. The van der Waals surface area contributed by atoms with Crippen LogP contribution in [0.1, 0.15) is 16.8 Å². The van der Waals surface area contributed by atoms with Gasteiger partial charge in [-0.3, -0.25) is 4.79 Å². The molecular weight excluding hydrogens is 254 g/mol. The second-order valence-corrected chi connectivity index (χ2v) is 4.45. The van der Waals surface area contributed by atoms with Crippen molar-refractivity contribution < 1.29 is 14.7 Å². The molecular formula is C16H15NO3. The lowest BCUT2D eigenvalue weighted by Crippen LogP contribution is -2.40. The summed E-state index contributed by atoms with van der Waals surface area (Å²) in [5, 5.41) is 13.5. The summed E-state index contributed by atoms with van der Waals surface area (Å²) in [4.78, 5) is 23.1. The van der Waals surface area contributed by atoms with Crippen molar-refractivity contribution in [1.82, 2.24) is 5.32 Å². The van der Waals surface area contributed by atoms with Crippen LogP contribution in [0.2, 0.25) is 0 Å². The average molecular weight is 269 g/mol. The second-order valence-electron chi connectivity index (χ2n) is 4.45. The van der Waals surface area contributed by atoms with Crippen molar-refractivity contribution in [3.05, 3.63) is 60.7 Å². The molecule has 0 saturated carbocycles. The molecule has 0 aliphatic carbocycles. The Morgan fingerprint density at radius 2 is 1.90 bits per heavy atom. The van der Waals surface area contributed by atoms with Gasteiger partial charge in [-0.1, -0.05) is 36.4 Å². The highest BCUT2D eigenvalue weighted by Gasteiger charge is 2.19. The zero-order chi connectivity index (χ0) is 14.5. The molecule has 4 nitrogen and oxygen atoms in total. The summed E-state index contributed by atoms with van der Waals surface area (Å²) < 4.78 is 0. The molecule has 0 spiro atoms. The van der Waals surface area contributed by atoms with Gasteiger partial charge in [-0.2, -0.15) is 0 Å². The lowest BCUT2D eigenvalue weighted by molar-refractivity contribution is -0.139. The Morgan fingerprint density at radius 3 is 2.55 bits per heavy atom. The number of nitrogens with one attached hydrogen (secondary N) is 1. The molecule has 0 aromatic heterocycles. The first kappa shape index (κ1) is 13.8. The summed E-state index contributed by atoms with van der Waals surface area (Å²) in [5.41, 5.74) is 0.444. The van der Waals surface area contributed by atoms with Crippen LogP contribution in [0.25, 0.3) is 10.8 Å². The molecule has 0 bridgehead atoms. The Balaban J connectivity index is 2.22. The lowest BCUT2D eigenvalue weighted by atomic mass is 10.1. The number of carboxylic acid groups (broad SMARTS) is 1. The van der Waals surface area contributed by atoms with E-state index in [1.807, 2.05) is 30.3 Å². The predicted octanol–water partition coefficient (Wildman–Crippen LogP) is 2.60. The third-order valence-corrected chi connectivity index (χ3v) is 3.02. The first-order valence-electron chi connectivity index (χ1n) is 6.25. The van der Waals surface area contributed by atoms with E-state index in [2.05, 4.69) is 11.9 Å². The number of carbonyl (C=O) groups is 2. The maximum atomic E-state index is 12.1. The largest absolute Gasteiger partial charge is 0.480 e. The molecule has 4 heteroatoms. The molecule has 0 radical (unpaired) electrons. The second kappa shape index (κ2) is 6.02. The van der Waals surface area contributed by atoms with Crippen LogP contribution in [0.3, 0.4) is 0 Å². The number of aliphatic carboxylic acids is 1. The Morgan fingerprint density at radius 1 is 1.20 bits per heavy atom. The lowest BCUT2D eigenvalue weighted by Gasteiger charge is -2.12. The Labute approximate surface area is 116 Å². The van der Waals surface area contributed by atoms with Gasteiger partial charge in [0, 0.05) is 5.56 Å². The fraction of sp³-hybridized carbons (Fsp3) is 0.125. The standard InChI is InChI=1S/C16H15NO3/c1-2-5-14(16(19)20)17-15(18)13-9-8-11-6-3-4-7-12(11)10-13/h2-4,6-10,14H,1,5H2,(H,17,18)(H,19,20)/t14-/m1/s1. The monoisotopic (exact) mass is 269 g/mol. The van der Waals surface area contributed by atoms with Gasteiger partial charge in [-0.25, -0.2) is 4.79 Å². The van der Waals surface area contributed by atoms with E-state index in [0.717, 1.165) is 10.8 Å². The van der Waals surface area contributed by atoms with Crippen LogP contribution in [-0.2, 0) is 4.79 Å². The molecule has 0 unspecified atom stereocenters. The molecule has 0 aliphatic rings. The fourth-order valence-electron chi connectivity index (χ4n) is 1.96. The number of carboxylic acids is 1. The molecule has 0 heterocycles. The highest BCUT2D eigenvalue weighted by molar-refractivity contribution is 6.00. The van der Waals surface area contributed by atoms with Gasteiger partial charge in [0.2, 0.25) is 0 Å². The third-order valence-electron chi connectivity index (χ3n) is 3.02. The summed E-state index contributed by atoms with van der Waals surface area (Å²) in [6.07, 6.45) is 1.66. The zero-order valence-electron chi connectivity index (χ0n) is 10.9. The predicted molar refractivity (Wildman–Crippen MR) is 77.7 cm³/mol. The number of hydrogen-bond donors (Lipinski definition) is 2. The zero-order valence-corrected chi connectivity index (χ0v) is 10.9. The van der Waals surface area contributed by atoms with Crippen molar-refractivity contribution in [2.45, 2.75) is 12.5 Å². The van der Waals surface area contributed by atoms with Gasteiger partial charge in [-0.15, -0.1) is 6.58 Å². The van der Waals surface area contributed by atoms with Crippen molar-refractivity contribution in [2.24, 2.45) is 0 Å². The molecule has 0 fully saturated rings. The van der Waals surface area contributed by atoms with Gasteiger partial charge in [0.15, 0.2) is 0 Å². The maximum absolute atomic E-state index is 12.1. The summed E-state index contributed by atoms with van der Waals surface area (Å²) in [5.74, 6) is -1.47. The molecule has 20 heavy (non-hydrogen) atoms. The molecule has 1 atom stereocenters. The van der Waals surface area contributed by atoms with Crippen LogP contribution in [0, 0.1) is 0 Å². The van der Waals surface area contributed by atoms with Gasteiger partial charge in [0.25, 0.3) is 5.91 Å². The SMILES string of the molecule is C=CC[C@@H](NC(=O)c1ccc2ccccc2c1)C(=O)O. The Kier molecular flexibility index (Phi) is 4.15. The normalized spacial score (nSPS) is 11.8. The summed E-state index contributed by atoms with van der Waals surface area (Å²) in [6, 6.07) is 12.0. The van der Waals surface area contributed by atoms with Crippen LogP contribution in [0.5, 0.6) is 0 Å². The summed E-state index contributed by atoms with van der Waals surface area (Å²) >= 11 is 0. The van der Waals surface area contributed by atoms with Gasteiger partial charge < -0.3 is 10.4 Å². The van der Waals surface area contributed by atoms with Gasteiger partial charge in [0.1, 0.15) is 6.04 Å². The van der Waals surface area contributed by atoms with E-state index in [1.54, 1.807) is 12.1 Å². The van der Waals surface area contributed by atoms with E-state index in [0.29, 0.717) is 5.56 Å². The van der Waals surface area contributed by atoms with E-state index in [-0.39, 0.29) is 6.42 Å². The smallest absolute Gasteiger partial charge is 0.326 e. The van der Waals surface area contributed by atoms with Crippen molar-refractivity contribution in [3.63, 3.8) is 0 Å². The topological polar surface area (TPSA) is 66.4 Å². The first-order chi connectivity index (χ1) is 9.61. The Bertz CT molecular complexity index is 664. The maximum Gasteiger partial charge on any atom is 0.326 e. The molecule has 2 N–H and O–H groups in total. The molecule has 0 saturated heterocycles. The Hall–Kier alpha value is -2.62. The van der Waals surface area contributed by atoms with Crippen LogP contribution in [0.4, 0.5) is 0 Å². The van der Waals surface area contributed by atoms with E-state index >= 15 is 0 Å². The highest BCUT2D eigenvalue weighted by atomic mass is 16.4. The number of amides is 1. The van der Waals surface area contributed by atoms with Crippen LogP contribution in [-0.4, -0.2) is 23.0 Å². The van der Waals surface area contributed by atoms with Gasteiger partial charge in [-0.05, 0) is 29.3 Å². The number of rotatable bonds is 5. The minimum Gasteiger partial charge on any atom is -0.480 e. The fourth-order valence-corrected chi connectivity index (χ4v) is 1.96. The highest BCUT2D eigenvalue weighted by Crippen LogP contribution is 2.15. The molecule has 2 aromatic rings. The van der Waals surface area contributed by atoms with Crippen molar-refractivity contribution >= 4 is 22.6 Å². The molecule has 102 valence electrons. The van der Waals surface area contributed by atoms with Crippen molar-refractivity contribution in [1.29, 1.82) is 0 Å². The van der Waals surface area contributed by atoms with E-state index in [1.165, 1.54) is 6.08 Å². The van der Waals surface area contributed by atoms with Crippen molar-refractivity contribution in [2.75, 3.05) is 0 Å². The molecule has 0 aliphatic heterocycles. The average Bonchev–Trinajstić information content (AvgIpc) is 2.46. The minimum atomic E-state index is -1.07. The van der Waals surface area contributed by atoms with Gasteiger partial charge in [0.05, 0.1) is 0 Å². The molecule has 2 rings (SSSR count). The number of fused-ring (bicyclic) bond motifs is 1. The number of carbonyl (C=O) groups excluding carboxylic acids is 1. The number of benzene rings is 2. The van der Waals surface area contributed by atoms with Crippen LogP contribution in [0.15, 0.2) is 55.1 Å².